The van der Waals surface area contributed by atoms with Crippen molar-refractivity contribution in [3.63, 3.8) is 0 Å². The minimum absolute atomic E-state index is 0.0961. The number of aromatic nitrogens is 2. The molecule has 1 aromatic carbocycles. The molecular weight excluding hydrogens is 288 g/mol. The van der Waals surface area contributed by atoms with Crippen molar-refractivity contribution in [2.45, 2.75) is 13.0 Å². The van der Waals surface area contributed by atoms with E-state index in [9.17, 15) is 9.59 Å². The summed E-state index contributed by atoms with van der Waals surface area (Å²) < 4.78 is 2.06. The first-order valence-corrected chi connectivity index (χ1v) is 5.74. The first-order chi connectivity index (χ1) is 8.09. The van der Waals surface area contributed by atoms with Gasteiger partial charge in [0, 0.05) is 11.0 Å². The number of halogens is 1. The summed E-state index contributed by atoms with van der Waals surface area (Å²) >= 11 is 3.31. The van der Waals surface area contributed by atoms with E-state index < -0.39 is 5.97 Å². The molecule has 0 spiro atoms. The molecule has 0 aliphatic carbocycles. The standard InChI is InChI=1S/C11H9BrN2O3/c12-8-3-1-2-7-10(8)13-6-14(11(7)17)5-4-9(15)16/h1-3,6H,4-5H2,(H,15,16). The van der Waals surface area contributed by atoms with Gasteiger partial charge in [-0.15, -0.1) is 0 Å². The van der Waals surface area contributed by atoms with Gasteiger partial charge in [-0.25, -0.2) is 4.98 Å². The smallest absolute Gasteiger partial charge is 0.305 e. The van der Waals surface area contributed by atoms with Crippen LogP contribution in [0.25, 0.3) is 10.9 Å². The molecule has 0 atom stereocenters. The van der Waals surface area contributed by atoms with E-state index in [0.29, 0.717) is 10.9 Å². The fourth-order valence-electron chi connectivity index (χ4n) is 1.53. The first kappa shape index (κ1) is 11.8. The number of carboxylic acids is 1. The number of hydrogen-bond acceptors (Lipinski definition) is 3. The number of benzene rings is 1. The zero-order valence-corrected chi connectivity index (χ0v) is 10.3. The molecule has 0 aliphatic rings. The Kier molecular flexibility index (Phi) is 3.23. The Morgan fingerprint density at radius 3 is 2.94 bits per heavy atom. The van der Waals surface area contributed by atoms with Crippen LogP contribution in [0.1, 0.15) is 6.42 Å². The number of carboxylic acid groups (broad SMARTS) is 1. The molecule has 0 unspecified atom stereocenters. The third-order valence-corrected chi connectivity index (χ3v) is 3.01. The Hall–Kier alpha value is -1.69. The van der Waals surface area contributed by atoms with E-state index in [4.69, 9.17) is 5.11 Å². The van der Waals surface area contributed by atoms with Crippen molar-refractivity contribution in [2.24, 2.45) is 0 Å². The summed E-state index contributed by atoms with van der Waals surface area (Å²) in [6.07, 6.45) is 1.28. The van der Waals surface area contributed by atoms with E-state index in [-0.39, 0.29) is 18.5 Å². The number of fused-ring (bicyclic) bond motifs is 1. The van der Waals surface area contributed by atoms with Crippen LogP contribution in [0.2, 0.25) is 0 Å². The number of carbonyl (C=O) groups is 1. The number of para-hydroxylation sites is 1. The van der Waals surface area contributed by atoms with Crippen LogP contribution in [-0.4, -0.2) is 20.6 Å². The largest absolute Gasteiger partial charge is 0.481 e. The monoisotopic (exact) mass is 296 g/mol. The second-order valence-corrected chi connectivity index (χ2v) is 4.38. The van der Waals surface area contributed by atoms with Crippen LogP contribution in [0.5, 0.6) is 0 Å². The van der Waals surface area contributed by atoms with Crippen molar-refractivity contribution in [3.8, 4) is 0 Å². The highest BCUT2D eigenvalue weighted by atomic mass is 79.9. The lowest BCUT2D eigenvalue weighted by molar-refractivity contribution is -0.137. The van der Waals surface area contributed by atoms with Crippen LogP contribution < -0.4 is 5.56 Å². The van der Waals surface area contributed by atoms with Gasteiger partial charge in [-0.1, -0.05) is 6.07 Å². The summed E-state index contributed by atoms with van der Waals surface area (Å²) in [5, 5.41) is 9.06. The van der Waals surface area contributed by atoms with Crippen LogP contribution in [0.15, 0.2) is 33.8 Å². The molecule has 2 aromatic rings. The van der Waals surface area contributed by atoms with Gasteiger partial charge in [-0.05, 0) is 28.1 Å². The number of aliphatic carboxylic acids is 1. The maximum absolute atomic E-state index is 12.0. The van der Waals surface area contributed by atoms with Crippen LogP contribution in [0, 0.1) is 0 Å². The highest BCUT2D eigenvalue weighted by Crippen LogP contribution is 2.18. The second-order valence-electron chi connectivity index (χ2n) is 3.52. The quantitative estimate of drug-likeness (QED) is 0.934. The normalized spacial score (nSPS) is 10.6. The number of rotatable bonds is 3. The number of nitrogens with zero attached hydrogens (tertiary/aromatic N) is 2. The lowest BCUT2D eigenvalue weighted by atomic mass is 10.2. The summed E-state index contributed by atoms with van der Waals surface area (Å²) in [7, 11) is 0. The topological polar surface area (TPSA) is 72.2 Å². The molecule has 0 fully saturated rings. The lowest BCUT2D eigenvalue weighted by Crippen LogP contribution is -2.22. The molecule has 0 saturated heterocycles. The molecule has 0 aliphatic heterocycles. The molecule has 2 rings (SSSR count). The van der Waals surface area contributed by atoms with Crippen LogP contribution in [0.3, 0.4) is 0 Å². The van der Waals surface area contributed by atoms with Gasteiger partial charge in [0.15, 0.2) is 0 Å². The van der Waals surface area contributed by atoms with Gasteiger partial charge in [-0.2, -0.15) is 0 Å². The maximum Gasteiger partial charge on any atom is 0.305 e. The number of aryl methyl sites for hydroxylation is 1. The third kappa shape index (κ3) is 2.36. The Bertz CT molecular complexity index is 636. The molecule has 0 saturated carbocycles. The van der Waals surface area contributed by atoms with E-state index in [1.165, 1.54) is 10.9 Å². The molecule has 5 nitrogen and oxygen atoms in total. The molecular formula is C11H9BrN2O3. The third-order valence-electron chi connectivity index (χ3n) is 2.37. The Labute approximate surface area is 105 Å². The van der Waals surface area contributed by atoms with Crippen molar-refractivity contribution in [1.82, 2.24) is 9.55 Å². The van der Waals surface area contributed by atoms with Crippen molar-refractivity contribution < 1.29 is 9.90 Å². The second kappa shape index (κ2) is 4.67. The van der Waals surface area contributed by atoms with Crippen molar-refractivity contribution in [1.29, 1.82) is 0 Å². The van der Waals surface area contributed by atoms with Crippen LogP contribution in [-0.2, 0) is 11.3 Å². The van der Waals surface area contributed by atoms with Gasteiger partial charge in [0.05, 0.1) is 23.7 Å². The Balaban J connectivity index is 2.51. The molecule has 1 N–H and O–H groups in total. The predicted octanol–water partition coefficient (Wildman–Crippen LogP) is 1.63. The summed E-state index contributed by atoms with van der Waals surface area (Å²) in [4.78, 5) is 26.6. The Morgan fingerprint density at radius 1 is 1.47 bits per heavy atom. The minimum atomic E-state index is -0.939. The average molecular weight is 297 g/mol. The van der Waals surface area contributed by atoms with Crippen LogP contribution in [0.4, 0.5) is 0 Å². The summed E-state index contributed by atoms with van der Waals surface area (Å²) in [6, 6.07) is 5.22. The molecule has 0 bridgehead atoms. The first-order valence-electron chi connectivity index (χ1n) is 4.95. The zero-order chi connectivity index (χ0) is 12.4. The SMILES string of the molecule is O=C(O)CCn1cnc2c(Br)cccc2c1=O. The molecule has 0 radical (unpaired) electrons. The highest BCUT2D eigenvalue weighted by Gasteiger charge is 2.07. The van der Waals surface area contributed by atoms with Crippen molar-refractivity contribution >= 4 is 32.8 Å². The van der Waals surface area contributed by atoms with E-state index >= 15 is 0 Å². The highest BCUT2D eigenvalue weighted by molar-refractivity contribution is 9.10. The Morgan fingerprint density at radius 2 is 2.24 bits per heavy atom. The average Bonchev–Trinajstić information content (AvgIpc) is 2.29. The van der Waals surface area contributed by atoms with Gasteiger partial charge in [-0.3, -0.25) is 14.2 Å². The fourth-order valence-corrected chi connectivity index (χ4v) is 2.00. The van der Waals surface area contributed by atoms with E-state index in [1.807, 2.05) is 0 Å². The van der Waals surface area contributed by atoms with Gasteiger partial charge < -0.3 is 5.11 Å². The molecule has 88 valence electrons. The van der Waals surface area contributed by atoms with E-state index in [0.717, 1.165) is 4.47 Å². The number of hydrogen-bond donors (Lipinski definition) is 1. The summed E-state index contributed by atoms with van der Waals surface area (Å²) in [5.74, 6) is -0.939. The minimum Gasteiger partial charge on any atom is -0.481 e. The maximum atomic E-state index is 12.0. The van der Waals surface area contributed by atoms with Crippen LogP contribution >= 0.6 is 15.9 Å². The molecule has 0 amide bonds. The molecule has 1 aromatic heterocycles. The van der Waals surface area contributed by atoms with E-state index in [2.05, 4.69) is 20.9 Å². The van der Waals surface area contributed by atoms with Gasteiger partial charge in [0.2, 0.25) is 0 Å². The molecule has 1 heterocycles. The van der Waals surface area contributed by atoms with Crippen molar-refractivity contribution in [3.05, 3.63) is 39.4 Å². The van der Waals surface area contributed by atoms with Gasteiger partial charge >= 0.3 is 5.97 Å². The van der Waals surface area contributed by atoms with Gasteiger partial charge in [0.25, 0.3) is 5.56 Å². The fraction of sp³-hybridized carbons (Fsp3) is 0.182. The molecule has 17 heavy (non-hydrogen) atoms. The lowest BCUT2D eigenvalue weighted by Gasteiger charge is -2.05. The summed E-state index contributed by atoms with van der Waals surface area (Å²) in [6.45, 7) is 0.129. The van der Waals surface area contributed by atoms with Crippen molar-refractivity contribution in [2.75, 3.05) is 0 Å². The van der Waals surface area contributed by atoms with Gasteiger partial charge in [0.1, 0.15) is 0 Å². The van der Waals surface area contributed by atoms with E-state index in [1.54, 1.807) is 18.2 Å². The molecule has 6 heteroatoms. The summed E-state index contributed by atoms with van der Waals surface area (Å²) in [5.41, 5.74) is 0.363. The predicted molar refractivity (Wildman–Crippen MR) is 66.0 cm³/mol. The zero-order valence-electron chi connectivity index (χ0n) is 8.76.